The Morgan fingerprint density at radius 1 is 1.00 bits per heavy atom. The Labute approximate surface area is 221 Å². The second kappa shape index (κ2) is 12.0. The first-order valence-electron chi connectivity index (χ1n) is 13.0. The molecule has 3 heterocycles. The molecule has 1 aromatic carbocycles. The number of benzene rings is 1. The van der Waals surface area contributed by atoms with Crippen molar-refractivity contribution < 1.29 is 24.0 Å². The molecular formula is C27H33N5O6. The van der Waals surface area contributed by atoms with Crippen LogP contribution in [0, 0.1) is 17.0 Å². The number of hydrogen-bond acceptors (Lipinski definition) is 7. The van der Waals surface area contributed by atoms with Gasteiger partial charge in [0.2, 0.25) is 5.91 Å². The molecule has 0 radical (unpaired) electrons. The largest absolute Gasteiger partial charge is 0.450 e. The topological polar surface area (TPSA) is 126 Å². The lowest BCUT2D eigenvalue weighted by Gasteiger charge is -2.35. The number of rotatable bonds is 6. The molecule has 11 nitrogen and oxygen atoms in total. The van der Waals surface area contributed by atoms with E-state index in [-0.39, 0.29) is 35.9 Å². The Kier molecular flexibility index (Phi) is 8.55. The molecule has 38 heavy (non-hydrogen) atoms. The van der Waals surface area contributed by atoms with Gasteiger partial charge < -0.3 is 19.4 Å². The molecule has 1 aromatic heterocycles. The number of pyridine rings is 1. The minimum Gasteiger partial charge on any atom is -0.450 e. The van der Waals surface area contributed by atoms with Crippen molar-refractivity contribution in [3.05, 3.63) is 69.0 Å². The number of nitro groups is 1. The maximum Gasteiger partial charge on any atom is 0.409 e. The second-order valence-electron chi connectivity index (χ2n) is 9.62. The van der Waals surface area contributed by atoms with Crippen LogP contribution in [0.25, 0.3) is 0 Å². The van der Waals surface area contributed by atoms with Crippen molar-refractivity contribution in [1.29, 1.82) is 0 Å². The lowest BCUT2D eigenvalue weighted by Crippen LogP contribution is -2.51. The summed E-state index contributed by atoms with van der Waals surface area (Å²) in [7, 11) is 0. The number of carbonyl (C=O) groups excluding carboxylic acids is 3. The van der Waals surface area contributed by atoms with Crippen LogP contribution < -0.4 is 0 Å². The molecule has 0 N–H and O–H groups in total. The van der Waals surface area contributed by atoms with E-state index >= 15 is 0 Å². The number of likely N-dealkylation sites (tertiary alicyclic amines) is 1. The van der Waals surface area contributed by atoms with E-state index in [1.807, 2.05) is 19.1 Å². The summed E-state index contributed by atoms with van der Waals surface area (Å²) >= 11 is 0. The zero-order valence-electron chi connectivity index (χ0n) is 21.8. The lowest BCUT2D eigenvalue weighted by atomic mass is 9.89. The van der Waals surface area contributed by atoms with Crippen molar-refractivity contribution in [2.24, 2.45) is 0 Å². The fraction of sp³-hybridized carbons (Fsp3) is 0.481. The fourth-order valence-electron chi connectivity index (χ4n) is 5.01. The molecule has 2 fully saturated rings. The van der Waals surface area contributed by atoms with Gasteiger partial charge in [-0.15, -0.1) is 0 Å². The van der Waals surface area contributed by atoms with E-state index in [0.717, 1.165) is 11.4 Å². The monoisotopic (exact) mass is 523 g/mol. The van der Waals surface area contributed by atoms with Gasteiger partial charge in [0.05, 0.1) is 29.2 Å². The third kappa shape index (κ3) is 6.27. The highest BCUT2D eigenvalue weighted by molar-refractivity contribution is 5.95. The smallest absolute Gasteiger partial charge is 0.409 e. The minimum absolute atomic E-state index is 0.0287. The first-order valence-corrected chi connectivity index (χ1v) is 13.0. The van der Waals surface area contributed by atoms with Crippen LogP contribution in [0.1, 0.15) is 53.0 Å². The molecule has 11 heteroatoms. The normalized spacial score (nSPS) is 16.3. The Balaban J connectivity index is 1.38. The van der Waals surface area contributed by atoms with Gasteiger partial charge in [-0.05, 0) is 44.4 Å². The number of nitrogens with zero attached hydrogens (tertiary/aromatic N) is 5. The molecule has 0 atom stereocenters. The fourth-order valence-corrected chi connectivity index (χ4v) is 5.01. The average molecular weight is 524 g/mol. The number of non-ortho nitro benzene ring substituents is 1. The number of nitro benzene ring substituents is 1. The van der Waals surface area contributed by atoms with Crippen LogP contribution in [-0.2, 0) is 16.0 Å². The molecule has 0 saturated carbocycles. The summed E-state index contributed by atoms with van der Waals surface area (Å²) in [5.41, 5.74) is 2.74. The highest BCUT2D eigenvalue weighted by Gasteiger charge is 2.31. The van der Waals surface area contributed by atoms with Crippen LogP contribution in [0.4, 0.5) is 10.5 Å². The Bertz CT molecular complexity index is 1200. The van der Waals surface area contributed by atoms with Crippen LogP contribution in [0.2, 0.25) is 0 Å². The van der Waals surface area contributed by atoms with Crippen LogP contribution in [0.15, 0.2) is 36.4 Å². The van der Waals surface area contributed by atoms with Gasteiger partial charge in [0, 0.05) is 63.0 Å². The Hall–Kier alpha value is -4.02. The van der Waals surface area contributed by atoms with Crippen molar-refractivity contribution in [2.75, 3.05) is 45.9 Å². The number of hydrogen-bond donors (Lipinski definition) is 0. The van der Waals surface area contributed by atoms with E-state index < -0.39 is 4.92 Å². The molecule has 0 bridgehead atoms. The van der Waals surface area contributed by atoms with Crippen molar-refractivity contribution >= 4 is 23.6 Å². The number of piperidine rings is 1. The molecule has 0 unspecified atom stereocenters. The number of aryl methyl sites for hydroxylation is 1. The first kappa shape index (κ1) is 27.0. The first-order chi connectivity index (χ1) is 18.3. The van der Waals surface area contributed by atoms with Gasteiger partial charge in [0.25, 0.3) is 11.6 Å². The van der Waals surface area contributed by atoms with Gasteiger partial charge >= 0.3 is 6.09 Å². The summed E-state index contributed by atoms with van der Waals surface area (Å²) in [6, 6.07) is 9.82. The summed E-state index contributed by atoms with van der Waals surface area (Å²) in [6.45, 7) is 6.73. The third-order valence-corrected chi connectivity index (χ3v) is 7.10. The molecule has 202 valence electrons. The Morgan fingerprint density at radius 3 is 2.34 bits per heavy atom. The molecule has 2 aromatic rings. The van der Waals surface area contributed by atoms with Gasteiger partial charge in [-0.25, -0.2) is 4.79 Å². The average Bonchev–Trinajstić information content (AvgIpc) is 2.93. The predicted octanol–water partition coefficient (Wildman–Crippen LogP) is 3.16. The summed E-state index contributed by atoms with van der Waals surface area (Å²) < 4.78 is 5.07. The van der Waals surface area contributed by atoms with Crippen LogP contribution >= 0.6 is 0 Å². The van der Waals surface area contributed by atoms with Crippen molar-refractivity contribution in [3.63, 3.8) is 0 Å². The Morgan fingerprint density at radius 2 is 1.68 bits per heavy atom. The van der Waals surface area contributed by atoms with E-state index in [4.69, 9.17) is 9.72 Å². The zero-order chi connectivity index (χ0) is 27.2. The summed E-state index contributed by atoms with van der Waals surface area (Å²) in [5.74, 6) is -0.131. The third-order valence-electron chi connectivity index (χ3n) is 7.10. The van der Waals surface area contributed by atoms with Crippen LogP contribution in [0.5, 0.6) is 0 Å². The highest BCUT2D eigenvalue weighted by atomic mass is 16.6. The maximum atomic E-state index is 13.5. The highest BCUT2D eigenvalue weighted by Crippen LogP contribution is 2.30. The predicted molar refractivity (Wildman–Crippen MR) is 139 cm³/mol. The van der Waals surface area contributed by atoms with Crippen LogP contribution in [-0.4, -0.2) is 88.4 Å². The summed E-state index contributed by atoms with van der Waals surface area (Å²) in [6.07, 6.45) is 1.10. The standard InChI is InChI=1S/C27H33N5O6/c1-3-38-27(35)31-15-13-30(14-16-31)26(34)23-8-7-19(2)28-25(23)21-9-11-29(12-10-21)24(33)18-20-5-4-6-22(17-20)32(36)37/h4-8,17,21H,3,9-16,18H2,1-2H3. The van der Waals surface area contributed by atoms with E-state index in [2.05, 4.69) is 0 Å². The van der Waals surface area contributed by atoms with Crippen molar-refractivity contribution in [3.8, 4) is 0 Å². The maximum absolute atomic E-state index is 13.5. The number of carbonyl (C=O) groups is 3. The molecule has 2 aliphatic heterocycles. The molecule has 4 rings (SSSR count). The summed E-state index contributed by atoms with van der Waals surface area (Å²) in [5, 5.41) is 11.0. The number of ether oxygens (including phenoxy) is 1. The molecule has 0 spiro atoms. The second-order valence-corrected chi connectivity index (χ2v) is 9.62. The number of amides is 3. The molecule has 2 saturated heterocycles. The quantitative estimate of drug-likeness (QED) is 0.420. The van der Waals surface area contributed by atoms with Gasteiger partial charge in [-0.2, -0.15) is 0 Å². The van der Waals surface area contributed by atoms with Crippen molar-refractivity contribution in [2.45, 2.75) is 39.0 Å². The molecule has 2 aliphatic rings. The molecule has 3 amide bonds. The number of aromatic nitrogens is 1. The van der Waals surface area contributed by atoms with Gasteiger partial charge in [-0.3, -0.25) is 24.7 Å². The van der Waals surface area contributed by atoms with E-state index in [9.17, 15) is 24.5 Å². The van der Waals surface area contributed by atoms with Gasteiger partial charge in [0.1, 0.15) is 0 Å². The minimum atomic E-state index is -0.465. The SMILES string of the molecule is CCOC(=O)N1CCN(C(=O)c2ccc(C)nc2C2CCN(C(=O)Cc3cccc([N+](=O)[O-])c3)CC2)CC1. The van der Waals surface area contributed by atoms with E-state index in [0.29, 0.717) is 69.8 Å². The molecule has 0 aliphatic carbocycles. The summed E-state index contributed by atoms with van der Waals surface area (Å²) in [4.78, 5) is 58.8. The van der Waals surface area contributed by atoms with Crippen molar-refractivity contribution in [1.82, 2.24) is 19.7 Å². The zero-order valence-corrected chi connectivity index (χ0v) is 21.8. The van der Waals surface area contributed by atoms with Gasteiger partial charge in [-0.1, -0.05) is 12.1 Å². The van der Waals surface area contributed by atoms with E-state index in [1.165, 1.54) is 12.1 Å². The number of piperazine rings is 1. The lowest BCUT2D eigenvalue weighted by molar-refractivity contribution is -0.384. The van der Waals surface area contributed by atoms with Gasteiger partial charge in [0.15, 0.2) is 0 Å². The molecular weight excluding hydrogens is 490 g/mol. The van der Waals surface area contributed by atoms with Crippen LogP contribution in [0.3, 0.4) is 0 Å². The van der Waals surface area contributed by atoms with E-state index in [1.54, 1.807) is 33.8 Å².